The highest BCUT2D eigenvalue weighted by Gasteiger charge is 2.10. The minimum absolute atomic E-state index is 0.135. The molecule has 0 amide bonds. The van der Waals surface area contributed by atoms with E-state index in [0.717, 1.165) is 16.7 Å². The maximum atomic E-state index is 9.13. The van der Waals surface area contributed by atoms with Gasteiger partial charge in [-0.1, -0.05) is 54.1 Å². The summed E-state index contributed by atoms with van der Waals surface area (Å²) in [5, 5.41) is 18.9. The van der Waals surface area contributed by atoms with Crippen LogP contribution in [0.4, 0.5) is 0 Å². The Morgan fingerprint density at radius 3 is 2.05 bits per heavy atom. The summed E-state index contributed by atoms with van der Waals surface area (Å²) in [6.07, 6.45) is 0.541. The summed E-state index contributed by atoms with van der Waals surface area (Å²) >= 11 is 5.88. The average molecular weight is 279 g/mol. The van der Waals surface area contributed by atoms with Gasteiger partial charge in [-0.2, -0.15) is 10.5 Å². The second kappa shape index (κ2) is 6.57. The first-order valence-electron chi connectivity index (χ1n) is 6.08. The van der Waals surface area contributed by atoms with E-state index in [1.807, 2.05) is 54.6 Å². The number of nitriles is 2. The molecule has 2 rings (SSSR count). The van der Waals surface area contributed by atoms with Crippen LogP contribution in [0.3, 0.4) is 0 Å². The second-order valence-electron chi connectivity index (χ2n) is 4.25. The lowest BCUT2D eigenvalue weighted by Crippen LogP contribution is -1.94. The van der Waals surface area contributed by atoms with E-state index in [-0.39, 0.29) is 5.57 Å². The highest BCUT2D eigenvalue weighted by atomic mass is 35.5. The van der Waals surface area contributed by atoms with Crippen LogP contribution >= 0.6 is 11.6 Å². The van der Waals surface area contributed by atoms with Gasteiger partial charge in [-0.15, -0.1) is 0 Å². The predicted octanol–water partition coefficient (Wildman–Crippen LogP) is 4.38. The van der Waals surface area contributed by atoms with Crippen LogP contribution in [0.2, 0.25) is 5.02 Å². The molecular formula is C17H11ClN2. The Morgan fingerprint density at radius 2 is 1.50 bits per heavy atom. The molecule has 0 aliphatic rings. The third kappa shape index (κ3) is 3.26. The smallest absolute Gasteiger partial charge is 0.133 e. The van der Waals surface area contributed by atoms with Crippen LogP contribution in [0.5, 0.6) is 0 Å². The van der Waals surface area contributed by atoms with Gasteiger partial charge in [-0.05, 0) is 28.8 Å². The fraction of sp³-hybridized carbons (Fsp3) is 0.0588. The van der Waals surface area contributed by atoms with E-state index in [4.69, 9.17) is 22.1 Å². The molecule has 0 saturated carbocycles. The summed E-state index contributed by atoms with van der Waals surface area (Å²) in [6.45, 7) is 0. The van der Waals surface area contributed by atoms with E-state index in [9.17, 15) is 0 Å². The van der Waals surface area contributed by atoms with Crippen LogP contribution in [0, 0.1) is 22.7 Å². The van der Waals surface area contributed by atoms with E-state index in [1.165, 1.54) is 0 Å². The molecule has 0 fully saturated rings. The second-order valence-corrected chi connectivity index (χ2v) is 4.68. The molecule has 0 bridgehead atoms. The number of nitrogens with zero attached hydrogens (tertiary/aromatic N) is 2. The lowest BCUT2D eigenvalue weighted by Gasteiger charge is -2.08. The molecule has 0 atom stereocenters. The molecule has 0 spiro atoms. The monoisotopic (exact) mass is 278 g/mol. The fourth-order valence-electron chi connectivity index (χ4n) is 1.95. The van der Waals surface area contributed by atoms with Crippen molar-refractivity contribution in [3.05, 3.63) is 76.3 Å². The van der Waals surface area contributed by atoms with Crippen molar-refractivity contribution in [2.45, 2.75) is 6.42 Å². The minimum atomic E-state index is 0.135. The van der Waals surface area contributed by atoms with Gasteiger partial charge in [0.05, 0.1) is 0 Å². The minimum Gasteiger partial charge on any atom is -0.192 e. The fourth-order valence-corrected chi connectivity index (χ4v) is 2.07. The summed E-state index contributed by atoms with van der Waals surface area (Å²) in [6, 6.07) is 20.9. The highest BCUT2D eigenvalue weighted by Crippen LogP contribution is 2.24. The Kier molecular flexibility index (Phi) is 4.56. The van der Waals surface area contributed by atoms with Crippen molar-refractivity contribution in [2.24, 2.45) is 0 Å². The summed E-state index contributed by atoms with van der Waals surface area (Å²) in [5.74, 6) is 0. The maximum Gasteiger partial charge on any atom is 0.133 e. The van der Waals surface area contributed by atoms with E-state index >= 15 is 0 Å². The molecule has 96 valence electrons. The Morgan fingerprint density at radius 1 is 0.900 bits per heavy atom. The van der Waals surface area contributed by atoms with Crippen LogP contribution in [-0.2, 0) is 6.42 Å². The van der Waals surface area contributed by atoms with Gasteiger partial charge in [0.25, 0.3) is 0 Å². The van der Waals surface area contributed by atoms with E-state index < -0.39 is 0 Å². The van der Waals surface area contributed by atoms with Crippen LogP contribution in [0.15, 0.2) is 60.2 Å². The lowest BCUT2D eigenvalue weighted by atomic mass is 9.94. The Balaban J connectivity index is 2.47. The van der Waals surface area contributed by atoms with Gasteiger partial charge in [0.2, 0.25) is 0 Å². The van der Waals surface area contributed by atoms with E-state index in [2.05, 4.69) is 0 Å². The zero-order valence-corrected chi connectivity index (χ0v) is 11.4. The van der Waals surface area contributed by atoms with Crippen LogP contribution in [0.1, 0.15) is 11.1 Å². The number of hydrogen-bond donors (Lipinski definition) is 0. The zero-order valence-electron chi connectivity index (χ0n) is 10.7. The van der Waals surface area contributed by atoms with Gasteiger partial charge in [-0.25, -0.2) is 0 Å². The zero-order chi connectivity index (χ0) is 14.4. The van der Waals surface area contributed by atoms with E-state index in [1.54, 1.807) is 12.1 Å². The molecule has 0 heterocycles. The number of allylic oxidation sites excluding steroid dienone is 2. The molecule has 2 aromatic rings. The standard InChI is InChI=1S/C17H11ClN2/c18-16-8-6-14(7-9-16)17(15(11-19)12-20)10-13-4-2-1-3-5-13/h1-9H,10H2. The first kappa shape index (κ1) is 13.9. The van der Waals surface area contributed by atoms with Crippen molar-refractivity contribution in [1.29, 1.82) is 10.5 Å². The SMILES string of the molecule is N#CC(C#N)=C(Cc1ccccc1)c1ccc(Cl)cc1. The Bertz CT molecular complexity index is 685. The van der Waals surface area contributed by atoms with Crippen molar-refractivity contribution in [3.63, 3.8) is 0 Å². The molecule has 20 heavy (non-hydrogen) atoms. The van der Waals surface area contributed by atoms with Crippen molar-refractivity contribution >= 4 is 17.2 Å². The Labute approximate surface area is 123 Å². The number of hydrogen-bond acceptors (Lipinski definition) is 2. The average Bonchev–Trinajstić information content (AvgIpc) is 2.49. The van der Waals surface area contributed by atoms with Gasteiger partial charge in [-0.3, -0.25) is 0 Å². The largest absolute Gasteiger partial charge is 0.192 e. The summed E-state index contributed by atoms with van der Waals surface area (Å²) in [7, 11) is 0. The Hall–Kier alpha value is -2.55. The van der Waals surface area contributed by atoms with Crippen molar-refractivity contribution in [3.8, 4) is 12.1 Å². The van der Waals surface area contributed by atoms with Crippen LogP contribution < -0.4 is 0 Å². The summed E-state index contributed by atoms with van der Waals surface area (Å²) < 4.78 is 0. The molecule has 2 aromatic carbocycles. The predicted molar refractivity (Wildman–Crippen MR) is 79.7 cm³/mol. The third-order valence-corrected chi connectivity index (χ3v) is 3.19. The van der Waals surface area contributed by atoms with Crippen molar-refractivity contribution < 1.29 is 0 Å². The van der Waals surface area contributed by atoms with Crippen molar-refractivity contribution in [2.75, 3.05) is 0 Å². The summed E-state index contributed by atoms with van der Waals surface area (Å²) in [5.41, 5.74) is 2.76. The van der Waals surface area contributed by atoms with Gasteiger partial charge in [0, 0.05) is 11.4 Å². The number of halogens is 1. The molecule has 3 heteroatoms. The third-order valence-electron chi connectivity index (χ3n) is 2.94. The molecule has 0 aliphatic heterocycles. The van der Waals surface area contributed by atoms with Gasteiger partial charge in [0.15, 0.2) is 0 Å². The molecule has 2 nitrogen and oxygen atoms in total. The van der Waals surface area contributed by atoms with Crippen molar-refractivity contribution in [1.82, 2.24) is 0 Å². The normalized spacial score (nSPS) is 9.35. The quantitative estimate of drug-likeness (QED) is 0.782. The first-order chi connectivity index (χ1) is 9.74. The maximum absolute atomic E-state index is 9.13. The molecule has 0 radical (unpaired) electrons. The van der Waals surface area contributed by atoms with E-state index in [0.29, 0.717) is 11.4 Å². The molecule has 0 unspecified atom stereocenters. The number of rotatable bonds is 3. The van der Waals surface area contributed by atoms with Crippen LogP contribution in [0.25, 0.3) is 5.57 Å². The molecule has 0 aromatic heterocycles. The molecule has 0 N–H and O–H groups in total. The van der Waals surface area contributed by atoms with Gasteiger partial charge >= 0.3 is 0 Å². The highest BCUT2D eigenvalue weighted by molar-refractivity contribution is 6.30. The molecule has 0 saturated heterocycles. The topological polar surface area (TPSA) is 47.6 Å². The lowest BCUT2D eigenvalue weighted by molar-refractivity contribution is 1.27. The first-order valence-corrected chi connectivity index (χ1v) is 6.45. The summed E-state index contributed by atoms with van der Waals surface area (Å²) in [4.78, 5) is 0. The van der Waals surface area contributed by atoms with Gasteiger partial charge in [0.1, 0.15) is 17.7 Å². The molecular weight excluding hydrogens is 268 g/mol. The van der Waals surface area contributed by atoms with Gasteiger partial charge < -0.3 is 0 Å². The number of benzene rings is 2. The van der Waals surface area contributed by atoms with Crippen LogP contribution in [-0.4, -0.2) is 0 Å². The molecule has 0 aliphatic carbocycles.